The Kier molecular flexibility index (Phi) is 7.87. The SMILES string of the molecule is COc1cc(OC)c(OC)cc1/C=C1/CCC/C(=C/c2cc(OC)c(OC)cc2OC)C1=O. The third-order valence-electron chi connectivity index (χ3n) is 5.61. The Hall–Kier alpha value is -3.61. The number of ether oxygens (including phenoxy) is 6. The van der Waals surface area contributed by atoms with E-state index in [-0.39, 0.29) is 5.78 Å². The molecule has 1 fully saturated rings. The Bertz CT molecular complexity index is 999. The highest BCUT2D eigenvalue weighted by molar-refractivity contribution is 6.14. The monoisotopic (exact) mass is 454 g/mol. The number of carbonyl (C=O) groups is 1. The molecule has 3 rings (SSSR count). The summed E-state index contributed by atoms with van der Waals surface area (Å²) in [7, 11) is 9.45. The highest BCUT2D eigenvalue weighted by Gasteiger charge is 2.23. The number of carbonyl (C=O) groups excluding carboxylic acids is 1. The minimum Gasteiger partial charge on any atom is -0.496 e. The molecule has 0 saturated heterocycles. The lowest BCUT2D eigenvalue weighted by Crippen LogP contribution is -2.12. The first kappa shape index (κ1) is 24.0. The van der Waals surface area contributed by atoms with E-state index >= 15 is 0 Å². The summed E-state index contributed by atoms with van der Waals surface area (Å²) in [5, 5.41) is 0. The second-order valence-electron chi connectivity index (χ2n) is 7.42. The molecular formula is C26H30O7. The summed E-state index contributed by atoms with van der Waals surface area (Å²) in [6.45, 7) is 0. The average molecular weight is 455 g/mol. The Balaban J connectivity index is 2.02. The van der Waals surface area contributed by atoms with Gasteiger partial charge in [0.1, 0.15) is 11.5 Å². The molecule has 7 heteroatoms. The minimum absolute atomic E-state index is 0.00470. The van der Waals surface area contributed by atoms with Gasteiger partial charge in [-0.2, -0.15) is 0 Å². The largest absolute Gasteiger partial charge is 0.496 e. The van der Waals surface area contributed by atoms with Gasteiger partial charge in [-0.25, -0.2) is 0 Å². The van der Waals surface area contributed by atoms with Crippen LogP contribution >= 0.6 is 0 Å². The van der Waals surface area contributed by atoms with E-state index in [0.717, 1.165) is 17.5 Å². The molecule has 2 aromatic rings. The molecule has 0 amide bonds. The summed E-state index contributed by atoms with van der Waals surface area (Å²) in [6, 6.07) is 7.13. The molecule has 0 N–H and O–H groups in total. The van der Waals surface area contributed by atoms with Crippen LogP contribution in [0, 0.1) is 0 Å². The van der Waals surface area contributed by atoms with Crippen LogP contribution in [0.1, 0.15) is 30.4 Å². The Morgan fingerprint density at radius 3 is 1.21 bits per heavy atom. The fourth-order valence-corrected chi connectivity index (χ4v) is 3.88. The van der Waals surface area contributed by atoms with Gasteiger partial charge >= 0.3 is 0 Å². The summed E-state index contributed by atoms with van der Waals surface area (Å²) in [4.78, 5) is 13.4. The van der Waals surface area contributed by atoms with Crippen molar-refractivity contribution in [3.05, 3.63) is 46.5 Å². The molecule has 33 heavy (non-hydrogen) atoms. The lowest BCUT2D eigenvalue weighted by atomic mass is 9.86. The number of rotatable bonds is 8. The normalized spacial score (nSPS) is 16.0. The summed E-state index contributed by atoms with van der Waals surface area (Å²) in [6.07, 6.45) is 5.94. The molecule has 1 saturated carbocycles. The van der Waals surface area contributed by atoms with Gasteiger partial charge in [0, 0.05) is 34.4 Å². The molecule has 7 nitrogen and oxygen atoms in total. The smallest absolute Gasteiger partial charge is 0.185 e. The number of methoxy groups -OCH3 is 6. The molecule has 0 spiro atoms. The quantitative estimate of drug-likeness (QED) is 0.522. The minimum atomic E-state index is -0.00470. The molecule has 0 aromatic heterocycles. The van der Waals surface area contributed by atoms with Gasteiger partial charge in [0.15, 0.2) is 28.8 Å². The van der Waals surface area contributed by atoms with Crippen molar-refractivity contribution in [2.24, 2.45) is 0 Å². The molecule has 0 radical (unpaired) electrons. The van der Waals surface area contributed by atoms with Gasteiger partial charge in [-0.05, 0) is 43.5 Å². The lowest BCUT2D eigenvalue weighted by Gasteiger charge is -2.19. The summed E-state index contributed by atoms with van der Waals surface area (Å²) >= 11 is 0. The first-order valence-electron chi connectivity index (χ1n) is 10.5. The number of hydrogen-bond donors (Lipinski definition) is 0. The van der Waals surface area contributed by atoms with Gasteiger partial charge in [0.05, 0.1) is 42.7 Å². The number of Topliss-reactive ketones (excluding diaryl/α,β-unsaturated/α-hetero) is 1. The van der Waals surface area contributed by atoms with Crippen molar-refractivity contribution < 1.29 is 33.2 Å². The molecular weight excluding hydrogens is 424 g/mol. The van der Waals surface area contributed by atoms with E-state index in [0.29, 0.717) is 58.5 Å². The van der Waals surface area contributed by atoms with E-state index in [1.54, 1.807) is 54.8 Å². The number of hydrogen-bond acceptors (Lipinski definition) is 7. The van der Waals surface area contributed by atoms with Crippen molar-refractivity contribution in [1.82, 2.24) is 0 Å². The van der Waals surface area contributed by atoms with E-state index in [1.165, 1.54) is 0 Å². The van der Waals surface area contributed by atoms with Crippen molar-refractivity contribution in [3.8, 4) is 34.5 Å². The Morgan fingerprint density at radius 1 is 0.545 bits per heavy atom. The topological polar surface area (TPSA) is 72.5 Å². The van der Waals surface area contributed by atoms with Gasteiger partial charge in [-0.3, -0.25) is 4.79 Å². The highest BCUT2D eigenvalue weighted by Crippen LogP contribution is 2.39. The predicted octanol–water partition coefficient (Wildman–Crippen LogP) is 4.96. The van der Waals surface area contributed by atoms with E-state index in [9.17, 15) is 4.79 Å². The number of ketones is 1. The van der Waals surface area contributed by atoms with Crippen molar-refractivity contribution in [1.29, 1.82) is 0 Å². The van der Waals surface area contributed by atoms with Crippen LogP contribution in [0.2, 0.25) is 0 Å². The molecule has 0 aliphatic heterocycles. The zero-order valence-electron chi connectivity index (χ0n) is 19.9. The highest BCUT2D eigenvalue weighted by atomic mass is 16.5. The second kappa shape index (κ2) is 10.8. The lowest BCUT2D eigenvalue weighted by molar-refractivity contribution is -0.112. The van der Waals surface area contributed by atoms with Crippen LogP contribution in [0.3, 0.4) is 0 Å². The average Bonchev–Trinajstić information content (AvgIpc) is 2.85. The van der Waals surface area contributed by atoms with Crippen LogP contribution in [0.25, 0.3) is 12.2 Å². The summed E-state index contributed by atoms with van der Waals surface area (Å²) < 4.78 is 32.6. The second-order valence-corrected chi connectivity index (χ2v) is 7.42. The standard InChI is InChI=1S/C26H30O7/c1-28-20-14-24(32-5)22(30-3)12-18(20)10-16-8-7-9-17(26(16)27)11-19-13-23(31-4)25(33-6)15-21(19)29-2/h10-15H,7-9H2,1-6H3/b16-10-,17-11-. The first-order valence-corrected chi connectivity index (χ1v) is 10.5. The maximum atomic E-state index is 13.4. The van der Waals surface area contributed by atoms with Gasteiger partial charge in [-0.1, -0.05) is 0 Å². The predicted molar refractivity (Wildman–Crippen MR) is 127 cm³/mol. The molecule has 176 valence electrons. The van der Waals surface area contributed by atoms with Gasteiger partial charge < -0.3 is 28.4 Å². The molecule has 1 aliphatic carbocycles. The van der Waals surface area contributed by atoms with Crippen molar-refractivity contribution in [2.45, 2.75) is 19.3 Å². The number of benzene rings is 2. The van der Waals surface area contributed by atoms with Crippen molar-refractivity contribution in [2.75, 3.05) is 42.7 Å². The fraction of sp³-hybridized carbons (Fsp3) is 0.346. The molecule has 2 aromatic carbocycles. The molecule has 0 unspecified atom stereocenters. The van der Waals surface area contributed by atoms with Crippen LogP contribution in [-0.2, 0) is 4.79 Å². The van der Waals surface area contributed by atoms with Gasteiger partial charge in [0.25, 0.3) is 0 Å². The molecule has 0 bridgehead atoms. The van der Waals surface area contributed by atoms with Crippen LogP contribution in [-0.4, -0.2) is 48.4 Å². The Morgan fingerprint density at radius 2 is 0.879 bits per heavy atom. The van der Waals surface area contributed by atoms with Crippen LogP contribution < -0.4 is 28.4 Å². The zero-order chi connectivity index (χ0) is 24.0. The van der Waals surface area contributed by atoms with Crippen LogP contribution in [0.15, 0.2) is 35.4 Å². The van der Waals surface area contributed by atoms with Crippen molar-refractivity contribution >= 4 is 17.9 Å². The number of allylic oxidation sites excluding steroid dienone is 2. The van der Waals surface area contributed by atoms with Gasteiger partial charge in [-0.15, -0.1) is 0 Å². The maximum Gasteiger partial charge on any atom is 0.185 e. The van der Waals surface area contributed by atoms with Crippen LogP contribution in [0.4, 0.5) is 0 Å². The van der Waals surface area contributed by atoms with E-state index in [4.69, 9.17) is 28.4 Å². The van der Waals surface area contributed by atoms with E-state index < -0.39 is 0 Å². The molecule has 0 atom stereocenters. The first-order chi connectivity index (χ1) is 16.0. The molecule has 0 heterocycles. The van der Waals surface area contributed by atoms with Gasteiger partial charge in [0.2, 0.25) is 0 Å². The Labute approximate surface area is 194 Å². The third-order valence-corrected chi connectivity index (χ3v) is 5.61. The maximum absolute atomic E-state index is 13.4. The summed E-state index contributed by atoms with van der Waals surface area (Å²) in [5.74, 6) is 3.46. The van der Waals surface area contributed by atoms with E-state index in [2.05, 4.69) is 0 Å². The summed E-state index contributed by atoms with van der Waals surface area (Å²) in [5.41, 5.74) is 2.92. The van der Waals surface area contributed by atoms with E-state index in [1.807, 2.05) is 24.3 Å². The third kappa shape index (κ3) is 5.08. The van der Waals surface area contributed by atoms with Crippen LogP contribution in [0.5, 0.6) is 34.5 Å². The van der Waals surface area contributed by atoms with Crippen molar-refractivity contribution in [3.63, 3.8) is 0 Å². The molecule has 1 aliphatic rings. The fourth-order valence-electron chi connectivity index (χ4n) is 3.88. The zero-order valence-corrected chi connectivity index (χ0v) is 19.9.